The number of amides is 1. The Morgan fingerprint density at radius 2 is 2.11 bits per heavy atom. The highest BCUT2D eigenvalue weighted by molar-refractivity contribution is 5.75. The van der Waals surface area contributed by atoms with Gasteiger partial charge in [0.15, 0.2) is 0 Å². The van der Waals surface area contributed by atoms with Gasteiger partial charge in [-0.3, -0.25) is 4.79 Å². The first-order valence-electron chi connectivity index (χ1n) is 6.19. The molecule has 1 aromatic rings. The van der Waals surface area contributed by atoms with Crippen molar-refractivity contribution < 1.29 is 4.79 Å². The number of carbonyl (C=O) groups is 1. The van der Waals surface area contributed by atoms with Gasteiger partial charge in [0.25, 0.3) is 0 Å². The molecule has 0 unspecified atom stereocenters. The number of hydrogen-bond donors (Lipinski definition) is 2. The molecular formula is C12H23N5O. The molecule has 0 aromatic carbocycles. The lowest BCUT2D eigenvalue weighted by Crippen LogP contribution is -2.35. The summed E-state index contributed by atoms with van der Waals surface area (Å²) in [5.41, 5.74) is 0.876. The van der Waals surface area contributed by atoms with Gasteiger partial charge in [-0.25, -0.2) is 4.68 Å². The van der Waals surface area contributed by atoms with E-state index in [2.05, 4.69) is 41.7 Å². The van der Waals surface area contributed by atoms with Crippen LogP contribution in [0.3, 0.4) is 0 Å². The SMILES string of the molecule is CC(C)NC(=O)Cn1cc(CNC(C)(C)C)nn1. The number of carbonyl (C=O) groups excluding carboxylic acids is 1. The number of hydrogen-bond acceptors (Lipinski definition) is 4. The van der Waals surface area contributed by atoms with Crippen LogP contribution in [-0.2, 0) is 17.9 Å². The molecule has 0 aliphatic rings. The molecule has 1 aromatic heterocycles. The monoisotopic (exact) mass is 253 g/mol. The highest BCUT2D eigenvalue weighted by Gasteiger charge is 2.11. The Hall–Kier alpha value is -1.43. The standard InChI is InChI=1S/C12H23N5O/c1-9(2)14-11(18)8-17-7-10(15-16-17)6-13-12(3,4)5/h7,9,13H,6,8H2,1-5H3,(H,14,18). The van der Waals surface area contributed by atoms with Crippen LogP contribution in [0.2, 0.25) is 0 Å². The number of rotatable bonds is 5. The molecule has 1 amide bonds. The average Bonchev–Trinajstić information content (AvgIpc) is 2.60. The van der Waals surface area contributed by atoms with Gasteiger partial charge in [0, 0.05) is 18.1 Å². The van der Waals surface area contributed by atoms with Crippen LogP contribution in [0.25, 0.3) is 0 Å². The maximum atomic E-state index is 11.5. The van der Waals surface area contributed by atoms with Crippen molar-refractivity contribution in [1.82, 2.24) is 25.6 Å². The topological polar surface area (TPSA) is 71.8 Å². The van der Waals surface area contributed by atoms with Gasteiger partial charge in [0.05, 0.1) is 11.9 Å². The Kier molecular flexibility index (Phi) is 4.84. The molecule has 6 heteroatoms. The van der Waals surface area contributed by atoms with Crippen LogP contribution >= 0.6 is 0 Å². The maximum absolute atomic E-state index is 11.5. The fourth-order valence-corrected chi connectivity index (χ4v) is 1.37. The molecule has 0 fully saturated rings. The second kappa shape index (κ2) is 5.95. The van der Waals surface area contributed by atoms with Crippen LogP contribution in [0.4, 0.5) is 0 Å². The summed E-state index contributed by atoms with van der Waals surface area (Å²) in [6.45, 7) is 11.0. The van der Waals surface area contributed by atoms with Crippen molar-refractivity contribution in [2.24, 2.45) is 0 Å². The van der Waals surface area contributed by atoms with Crippen molar-refractivity contribution in [3.63, 3.8) is 0 Å². The summed E-state index contributed by atoms with van der Waals surface area (Å²) < 4.78 is 1.55. The van der Waals surface area contributed by atoms with Gasteiger partial charge >= 0.3 is 0 Å². The molecule has 0 bridgehead atoms. The zero-order valence-electron chi connectivity index (χ0n) is 11.8. The van der Waals surface area contributed by atoms with Gasteiger partial charge in [-0.2, -0.15) is 0 Å². The zero-order valence-corrected chi connectivity index (χ0v) is 11.8. The summed E-state index contributed by atoms with van der Waals surface area (Å²) >= 11 is 0. The van der Waals surface area contributed by atoms with E-state index in [4.69, 9.17) is 0 Å². The maximum Gasteiger partial charge on any atom is 0.241 e. The number of aromatic nitrogens is 3. The van der Waals surface area contributed by atoms with Gasteiger partial charge in [0.1, 0.15) is 6.54 Å². The second-order valence-electron chi connectivity index (χ2n) is 5.73. The van der Waals surface area contributed by atoms with Crippen molar-refractivity contribution in [3.8, 4) is 0 Å². The van der Waals surface area contributed by atoms with E-state index in [1.165, 1.54) is 0 Å². The summed E-state index contributed by atoms with van der Waals surface area (Å²) in [6.07, 6.45) is 1.79. The predicted molar refractivity (Wildman–Crippen MR) is 69.9 cm³/mol. The molecule has 6 nitrogen and oxygen atoms in total. The second-order valence-corrected chi connectivity index (χ2v) is 5.73. The van der Waals surface area contributed by atoms with E-state index in [9.17, 15) is 4.79 Å². The first kappa shape index (κ1) is 14.6. The molecule has 1 rings (SSSR count). The van der Waals surface area contributed by atoms with E-state index >= 15 is 0 Å². The minimum Gasteiger partial charge on any atom is -0.352 e. The Bertz CT molecular complexity index is 391. The molecule has 18 heavy (non-hydrogen) atoms. The lowest BCUT2D eigenvalue weighted by molar-refractivity contribution is -0.122. The molecule has 2 N–H and O–H groups in total. The number of nitrogens with one attached hydrogen (secondary N) is 2. The van der Waals surface area contributed by atoms with E-state index < -0.39 is 0 Å². The molecule has 0 radical (unpaired) electrons. The van der Waals surface area contributed by atoms with Gasteiger partial charge < -0.3 is 10.6 Å². The Labute approximate surface area is 108 Å². The van der Waals surface area contributed by atoms with Crippen LogP contribution in [0.1, 0.15) is 40.3 Å². The molecule has 0 aliphatic carbocycles. The van der Waals surface area contributed by atoms with Crippen LogP contribution in [0.5, 0.6) is 0 Å². The summed E-state index contributed by atoms with van der Waals surface area (Å²) in [5.74, 6) is -0.0507. The van der Waals surface area contributed by atoms with Crippen molar-refractivity contribution in [2.45, 2.75) is 59.3 Å². The molecule has 0 spiro atoms. The van der Waals surface area contributed by atoms with Crippen LogP contribution in [-0.4, -0.2) is 32.5 Å². The third-order valence-electron chi connectivity index (χ3n) is 2.14. The van der Waals surface area contributed by atoms with Crippen molar-refractivity contribution in [2.75, 3.05) is 0 Å². The summed E-state index contributed by atoms with van der Waals surface area (Å²) in [6, 6.07) is 0.142. The molecule has 1 heterocycles. The van der Waals surface area contributed by atoms with E-state index in [0.29, 0.717) is 6.54 Å². The third-order valence-corrected chi connectivity index (χ3v) is 2.14. The van der Waals surface area contributed by atoms with E-state index in [-0.39, 0.29) is 24.0 Å². The third kappa shape index (κ3) is 5.77. The minimum absolute atomic E-state index is 0.0405. The normalized spacial score (nSPS) is 11.9. The average molecular weight is 253 g/mol. The van der Waals surface area contributed by atoms with Crippen LogP contribution < -0.4 is 10.6 Å². The highest BCUT2D eigenvalue weighted by Crippen LogP contribution is 2.01. The minimum atomic E-state index is -0.0507. The first-order valence-corrected chi connectivity index (χ1v) is 6.19. The Balaban J connectivity index is 2.46. The molecular weight excluding hydrogens is 230 g/mol. The van der Waals surface area contributed by atoms with Crippen LogP contribution in [0, 0.1) is 0 Å². The van der Waals surface area contributed by atoms with Crippen molar-refractivity contribution in [3.05, 3.63) is 11.9 Å². The zero-order chi connectivity index (χ0) is 13.8. The van der Waals surface area contributed by atoms with Crippen LogP contribution in [0.15, 0.2) is 6.20 Å². The molecule has 102 valence electrons. The molecule has 0 saturated heterocycles. The predicted octanol–water partition coefficient (Wildman–Crippen LogP) is 0.691. The highest BCUT2D eigenvalue weighted by atomic mass is 16.2. The van der Waals surface area contributed by atoms with Gasteiger partial charge in [-0.15, -0.1) is 5.10 Å². The van der Waals surface area contributed by atoms with Crippen molar-refractivity contribution >= 4 is 5.91 Å². The molecule has 0 saturated carbocycles. The fraction of sp³-hybridized carbons (Fsp3) is 0.750. The first-order chi connectivity index (χ1) is 8.26. The largest absolute Gasteiger partial charge is 0.352 e. The van der Waals surface area contributed by atoms with E-state index in [1.54, 1.807) is 10.9 Å². The van der Waals surface area contributed by atoms with E-state index in [1.807, 2.05) is 13.8 Å². The summed E-state index contributed by atoms with van der Waals surface area (Å²) in [5, 5.41) is 14.1. The van der Waals surface area contributed by atoms with E-state index in [0.717, 1.165) is 5.69 Å². The van der Waals surface area contributed by atoms with Gasteiger partial charge in [-0.1, -0.05) is 5.21 Å². The lowest BCUT2D eigenvalue weighted by atomic mass is 10.1. The molecule has 0 atom stereocenters. The quantitative estimate of drug-likeness (QED) is 0.810. The molecule has 0 aliphatic heterocycles. The van der Waals surface area contributed by atoms with Gasteiger partial charge in [0.2, 0.25) is 5.91 Å². The van der Waals surface area contributed by atoms with Crippen molar-refractivity contribution in [1.29, 1.82) is 0 Å². The fourth-order valence-electron chi connectivity index (χ4n) is 1.37. The summed E-state index contributed by atoms with van der Waals surface area (Å²) in [7, 11) is 0. The Morgan fingerprint density at radius 3 is 2.67 bits per heavy atom. The Morgan fingerprint density at radius 1 is 1.44 bits per heavy atom. The number of nitrogens with zero attached hydrogens (tertiary/aromatic N) is 3. The summed E-state index contributed by atoms with van der Waals surface area (Å²) in [4.78, 5) is 11.5. The van der Waals surface area contributed by atoms with Gasteiger partial charge in [-0.05, 0) is 34.6 Å². The smallest absolute Gasteiger partial charge is 0.241 e. The lowest BCUT2D eigenvalue weighted by Gasteiger charge is -2.19.